The second-order valence-electron chi connectivity index (χ2n) is 4.95. The Bertz CT molecular complexity index is 380. The number of rotatable bonds is 4. The molecule has 0 spiro atoms. The summed E-state index contributed by atoms with van der Waals surface area (Å²) in [7, 11) is 0. The number of nitrogens with two attached hydrogens (primary N) is 1. The van der Waals surface area contributed by atoms with E-state index in [0.29, 0.717) is 6.54 Å². The molecule has 1 aromatic rings. The average molecular weight is 234 g/mol. The van der Waals surface area contributed by atoms with Gasteiger partial charge in [-0.2, -0.15) is 0 Å². The van der Waals surface area contributed by atoms with Gasteiger partial charge in [0.15, 0.2) is 0 Å². The van der Waals surface area contributed by atoms with E-state index in [4.69, 9.17) is 5.73 Å². The maximum Gasteiger partial charge on any atom is 0.0969 e. The van der Waals surface area contributed by atoms with E-state index in [1.807, 2.05) is 6.07 Å². The third-order valence-corrected chi connectivity index (χ3v) is 3.73. The Hall–Kier alpha value is -1.06. The molecule has 2 atom stereocenters. The van der Waals surface area contributed by atoms with Crippen LogP contribution in [0.2, 0.25) is 0 Å². The second-order valence-corrected chi connectivity index (χ2v) is 4.95. The lowest BCUT2D eigenvalue weighted by Crippen LogP contribution is -2.53. The molecule has 0 radical (unpaired) electrons. The maximum atomic E-state index is 10.6. The topological polar surface area (TPSA) is 58.3 Å². The summed E-state index contributed by atoms with van der Waals surface area (Å²) in [4.78, 5) is 0. The third-order valence-electron chi connectivity index (χ3n) is 3.73. The molecule has 2 unspecified atom stereocenters. The molecule has 1 aliphatic rings. The molecule has 0 aliphatic carbocycles. The quantitative estimate of drug-likeness (QED) is 0.746. The van der Waals surface area contributed by atoms with Crippen LogP contribution >= 0.6 is 0 Å². The van der Waals surface area contributed by atoms with Crippen LogP contribution in [0, 0.1) is 0 Å². The van der Waals surface area contributed by atoms with Gasteiger partial charge >= 0.3 is 0 Å². The number of fused-ring (bicyclic) bond motifs is 1. The first-order valence-electron chi connectivity index (χ1n) is 6.46. The van der Waals surface area contributed by atoms with Gasteiger partial charge in [0, 0.05) is 12.2 Å². The number of aliphatic hydroxyl groups is 1. The minimum absolute atomic E-state index is 0.0716. The van der Waals surface area contributed by atoms with Crippen molar-refractivity contribution in [3.63, 3.8) is 0 Å². The predicted octanol–water partition coefficient (Wildman–Crippen LogP) is 1.90. The summed E-state index contributed by atoms with van der Waals surface area (Å²) in [5, 5.41) is 14.0. The molecular weight excluding hydrogens is 212 g/mol. The molecule has 1 heterocycles. The van der Waals surface area contributed by atoms with Crippen LogP contribution in [0.1, 0.15) is 31.7 Å². The van der Waals surface area contributed by atoms with E-state index in [9.17, 15) is 5.11 Å². The van der Waals surface area contributed by atoms with Crippen molar-refractivity contribution in [3.8, 4) is 0 Å². The van der Waals surface area contributed by atoms with Crippen LogP contribution in [-0.4, -0.2) is 23.3 Å². The monoisotopic (exact) mass is 234 g/mol. The van der Waals surface area contributed by atoms with Crippen LogP contribution in [-0.2, 0) is 6.42 Å². The molecule has 3 nitrogen and oxygen atoms in total. The summed E-state index contributed by atoms with van der Waals surface area (Å²) in [5.41, 5.74) is 7.46. The summed E-state index contributed by atoms with van der Waals surface area (Å²) in [6.45, 7) is 2.40. The molecule has 0 bridgehead atoms. The molecule has 17 heavy (non-hydrogen) atoms. The lowest BCUT2D eigenvalue weighted by atomic mass is 9.83. The normalized spacial score (nSPS) is 22.4. The Labute approximate surface area is 103 Å². The fraction of sp³-hybridized carbons (Fsp3) is 0.571. The number of benzene rings is 1. The average Bonchev–Trinajstić information content (AvgIpc) is 2.38. The number of aryl methyl sites for hydroxylation is 1. The van der Waals surface area contributed by atoms with Crippen molar-refractivity contribution in [2.24, 2.45) is 5.73 Å². The van der Waals surface area contributed by atoms with Gasteiger partial charge in [-0.25, -0.2) is 0 Å². The van der Waals surface area contributed by atoms with E-state index in [-0.39, 0.29) is 6.04 Å². The Kier molecular flexibility index (Phi) is 3.69. The molecule has 3 heteroatoms. The highest BCUT2D eigenvalue weighted by Crippen LogP contribution is 2.30. The number of hydrogen-bond donors (Lipinski definition) is 3. The van der Waals surface area contributed by atoms with Gasteiger partial charge in [-0.15, -0.1) is 0 Å². The maximum absolute atomic E-state index is 10.6. The lowest BCUT2D eigenvalue weighted by Gasteiger charge is -2.39. The Balaban J connectivity index is 2.16. The van der Waals surface area contributed by atoms with Gasteiger partial charge < -0.3 is 16.2 Å². The highest BCUT2D eigenvalue weighted by Gasteiger charge is 2.36. The molecule has 2 rings (SSSR count). The molecule has 0 amide bonds. The van der Waals surface area contributed by atoms with E-state index in [1.165, 1.54) is 5.56 Å². The van der Waals surface area contributed by atoms with Crippen molar-refractivity contribution in [3.05, 3.63) is 29.8 Å². The van der Waals surface area contributed by atoms with E-state index >= 15 is 0 Å². The number of hydrogen-bond acceptors (Lipinski definition) is 3. The van der Waals surface area contributed by atoms with Gasteiger partial charge in [0.25, 0.3) is 0 Å². The van der Waals surface area contributed by atoms with Gasteiger partial charge in [0.2, 0.25) is 0 Å². The zero-order valence-electron chi connectivity index (χ0n) is 10.4. The van der Waals surface area contributed by atoms with Crippen molar-refractivity contribution in [1.29, 1.82) is 0 Å². The minimum Gasteiger partial charge on any atom is -0.386 e. The van der Waals surface area contributed by atoms with Crippen molar-refractivity contribution in [2.45, 2.75) is 44.2 Å². The van der Waals surface area contributed by atoms with Crippen LogP contribution in [0.15, 0.2) is 24.3 Å². The smallest absolute Gasteiger partial charge is 0.0969 e. The predicted molar refractivity (Wildman–Crippen MR) is 71.1 cm³/mol. The standard InChI is InChI=1S/C14H22N2O/c1-2-9-14(17,10-15)13-8-7-11-5-3-4-6-12(11)16-13/h3-6,13,16-17H,2,7-10,15H2,1H3. The van der Waals surface area contributed by atoms with E-state index < -0.39 is 5.60 Å². The van der Waals surface area contributed by atoms with Crippen LogP contribution in [0.25, 0.3) is 0 Å². The van der Waals surface area contributed by atoms with Crippen molar-refractivity contribution >= 4 is 5.69 Å². The molecule has 0 saturated carbocycles. The van der Waals surface area contributed by atoms with Crippen molar-refractivity contribution in [1.82, 2.24) is 0 Å². The highest BCUT2D eigenvalue weighted by atomic mass is 16.3. The number of anilines is 1. The third kappa shape index (κ3) is 2.45. The van der Waals surface area contributed by atoms with Gasteiger partial charge in [-0.05, 0) is 30.9 Å². The molecule has 4 N–H and O–H groups in total. The first-order valence-corrected chi connectivity index (χ1v) is 6.46. The van der Waals surface area contributed by atoms with Crippen LogP contribution in [0.3, 0.4) is 0 Å². The zero-order chi connectivity index (χ0) is 12.3. The van der Waals surface area contributed by atoms with E-state index in [0.717, 1.165) is 31.4 Å². The fourth-order valence-corrected chi connectivity index (χ4v) is 2.69. The fourth-order valence-electron chi connectivity index (χ4n) is 2.69. The number of para-hydroxylation sites is 1. The van der Waals surface area contributed by atoms with E-state index in [1.54, 1.807) is 0 Å². The Morgan fingerprint density at radius 1 is 1.47 bits per heavy atom. The second kappa shape index (κ2) is 5.07. The molecule has 0 fully saturated rings. The molecular formula is C14H22N2O. The largest absolute Gasteiger partial charge is 0.386 e. The van der Waals surface area contributed by atoms with Gasteiger partial charge in [0.1, 0.15) is 0 Å². The number of nitrogens with one attached hydrogen (secondary N) is 1. The zero-order valence-corrected chi connectivity index (χ0v) is 10.4. The van der Waals surface area contributed by atoms with Crippen LogP contribution < -0.4 is 11.1 Å². The summed E-state index contributed by atoms with van der Waals surface area (Å²) >= 11 is 0. The Morgan fingerprint density at radius 2 is 2.24 bits per heavy atom. The van der Waals surface area contributed by atoms with Crippen molar-refractivity contribution < 1.29 is 5.11 Å². The molecule has 1 aromatic carbocycles. The molecule has 0 aromatic heterocycles. The van der Waals surface area contributed by atoms with Crippen molar-refractivity contribution in [2.75, 3.05) is 11.9 Å². The lowest BCUT2D eigenvalue weighted by molar-refractivity contribution is 0.0168. The summed E-state index contributed by atoms with van der Waals surface area (Å²) in [6, 6.07) is 8.37. The SMILES string of the molecule is CCCC(O)(CN)C1CCc2ccccc2N1. The first kappa shape index (κ1) is 12.4. The van der Waals surface area contributed by atoms with Gasteiger partial charge in [-0.1, -0.05) is 31.5 Å². The molecule has 94 valence electrons. The summed E-state index contributed by atoms with van der Waals surface area (Å²) < 4.78 is 0. The minimum atomic E-state index is -0.776. The van der Waals surface area contributed by atoms with Gasteiger partial charge in [0.05, 0.1) is 11.6 Å². The van der Waals surface area contributed by atoms with Crippen LogP contribution in [0.5, 0.6) is 0 Å². The Morgan fingerprint density at radius 3 is 2.94 bits per heavy atom. The molecule has 0 saturated heterocycles. The highest BCUT2D eigenvalue weighted by molar-refractivity contribution is 5.54. The summed E-state index contributed by atoms with van der Waals surface area (Å²) in [5.74, 6) is 0. The van der Waals surface area contributed by atoms with E-state index in [2.05, 4.69) is 30.4 Å². The first-order chi connectivity index (χ1) is 8.19. The van der Waals surface area contributed by atoms with Gasteiger partial charge in [-0.3, -0.25) is 0 Å². The van der Waals surface area contributed by atoms with Crippen LogP contribution in [0.4, 0.5) is 5.69 Å². The molecule has 1 aliphatic heterocycles. The summed E-state index contributed by atoms with van der Waals surface area (Å²) in [6.07, 6.45) is 3.67.